The molecule has 1 N–H and O–H groups in total. The Bertz CT molecular complexity index is 899. The van der Waals surface area contributed by atoms with Crippen molar-refractivity contribution in [1.82, 2.24) is 24.8 Å². The van der Waals surface area contributed by atoms with E-state index in [4.69, 9.17) is 0 Å². The highest BCUT2D eigenvalue weighted by atomic mass is 32.1. The number of thiazole rings is 1. The number of aromatic nitrogens is 4. The molecule has 1 aliphatic heterocycles. The van der Waals surface area contributed by atoms with Crippen LogP contribution in [-0.2, 0) is 0 Å². The fourth-order valence-corrected chi connectivity index (χ4v) is 3.73. The van der Waals surface area contributed by atoms with Crippen LogP contribution in [0.25, 0.3) is 0 Å². The van der Waals surface area contributed by atoms with Crippen molar-refractivity contribution in [2.45, 2.75) is 25.8 Å². The number of nitrogens with one attached hydrogen (secondary N) is 1. The Morgan fingerprint density at radius 1 is 1.35 bits per heavy atom. The molecule has 3 aromatic heterocycles. The second-order valence-electron chi connectivity index (χ2n) is 6.09. The number of amides is 1. The van der Waals surface area contributed by atoms with Crippen molar-refractivity contribution in [3.63, 3.8) is 0 Å². The molecule has 3 aromatic rings. The molecule has 1 fully saturated rings. The Morgan fingerprint density at radius 2 is 2.27 bits per heavy atom. The number of anilines is 2. The zero-order chi connectivity index (χ0) is 17.9. The van der Waals surface area contributed by atoms with E-state index in [0.29, 0.717) is 17.2 Å². The predicted octanol–water partition coefficient (Wildman–Crippen LogP) is 3.36. The number of likely N-dealkylation sites (tertiary alicyclic amines) is 1. The summed E-state index contributed by atoms with van der Waals surface area (Å²) in [4.78, 5) is 32.1. The minimum atomic E-state index is -0.0544. The second-order valence-corrected chi connectivity index (χ2v) is 6.98. The van der Waals surface area contributed by atoms with Gasteiger partial charge in [0.25, 0.3) is 5.91 Å². The summed E-state index contributed by atoms with van der Waals surface area (Å²) < 4.78 is 0. The van der Waals surface area contributed by atoms with Crippen LogP contribution in [0.4, 0.5) is 10.9 Å². The van der Waals surface area contributed by atoms with Gasteiger partial charge in [-0.25, -0.2) is 15.0 Å². The van der Waals surface area contributed by atoms with E-state index >= 15 is 0 Å². The number of carbonyl (C=O) groups is 1. The summed E-state index contributed by atoms with van der Waals surface area (Å²) >= 11 is 1.51. The smallest absolute Gasteiger partial charge is 0.255 e. The van der Waals surface area contributed by atoms with Crippen LogP contribution < -0.4 is 5.32 Å². The molecule has 0 aromatic carbocycles. The van der Waals surface area contributed by atoms with Gasteiger partial charge in [-0.05, 0) is 31.9 Å². The van der Waals surface area contributed by atoms with Gasteiger partial charge in [-0.1, -0.05) is 0 Å². The molecule has 8 heteroatoms. The first-order valence-corrected chi connectivity index (χ1v) is 9.32. The lowest BCUT2D eigenvalue weighted by Crippen LogP contribution is -2.31. The lowest BCUT2D eigenvalue weighted by atomic mass is 10.1. The maximum absolute atomic E-state index is 12.9. The highest BCUT2D eigenvalue weighted by Gasteiger charge is 2.32. The zero-order valence-electron chi connectivity index (χ0n) is 14.3. The molecule has 0 saturated carbocycles. The molecular formula is C18H18N6OS. The van der Waals surface area contributed by atoms with Crippen molar-refractivity contribution in [3.05, 3.63) is 59.3 Å². The van der Waals surface area contributed by atoms with Crippen LogP contribution >= 0.6 is 11.3 Å². The first kappa shape index (κ1) is 16.6. The van der Waals surface area contributed by atoms with E-state index in [1.807, 2.05) is 23.3 Å². The highest BCUT2D eigenvalue weighted by Crippen LogP contribution is 2.33. The summed E-state index contributed by atoms with van der Waals surface area (Å²) in [7, 11) is 0. The van der Waals surface area contributed by atoms with Gasteiger partial charge in [-0.15, -0.1) is 11.3 Å². The predicted molar refractivity (Wildman–Crippen MR) is 99.4 cm³/mol. The maximum Gasteiger partial charge on any atom is 0.255 e. The lowest BCUT2D eigenvalue weighted by molar-refractivity contribution is 0.0732. The Balaban J connectivity index is 1.61. The Hall–Kier alpha value is -2.87. The third kappa shape index (κ3) is 3.41. The van der Waals surface area contributed by atoms with Gasteiger partial charge in [0.05, 0.1) is 17.3 Å². The number of hydrogen-bond donors (Lipinski definition) is 1. The van der Waals surface area contributed by atoms with E-state index in [0.717, 1.165) is 30.2 Å². The molecular weight excluding hydrogens is 348 g/mol. The van der Waals surface area contributed by atoms with Gasteiger partial charge < -0.3 is 10.2 Å². The molecule has 7 nitrogen and oxygen atoms in total. The van der Waals surface area contributed by atoms with E-state index in [2.05, 4.69) is 25.3 Å². The van der Waals surface area contributed by atoms with Gasteiger partial charge >= 0.3 is 0 Å². The van der Waals surface area contributed by atoms with E-state index in [1.54, 1.807) is 30.7 Å². The molecule has 1 saturated heterocycles. The van der Waals surface area contributed by atoms with Crippen LogP contribution in [0.3, 0.4) is 0 Å². The summed E-state index contributed by atoms with van der Waals surface area (Å²) in [5, 5.41) is 5.89. The molecule has 4 heterocycles. The van der Waals surface area contributed by atoms with Crippen LogP contribution in [0, 0.1) is 6.92 Å². The van der Waals surface area contributed by atoms with Gasteiger partial charge in [0.1, 0.15) is 11.6 Å². The van der Waals surface area contributed by atoms with Crippen molar-refractivity contribution in [2.24, 2.45) is 0 Å². The van der Waals surface area contributed by atoms with E-state index < -0.39 is 0 Å². The number of pyridine rings is 1. The average Bonchev–Trinajstić information content (AvgIpc) is 3.33. The Kier molecular flexibility index (Phi) is 4.57. The number of carbonyl (C=O) groups excluding carboxylic acids is 1. The third-order valence-electron chi connectivity index (χ3n) is 4.29. The number of rotatable bonds is 4. The molecule has 0 radical (unpaired) electrons. The van der Waals surface area contributed by atoms with Crippen molar-refractivity contribution in [3.8, 4) is 0 Å². The summed E-state index contributed by atoms with van der Waals surface area (Å²) in [6.45, 7) is 2.58. The van der Waals surface area contributed by atoms with Crippen LogP contribution in [0.2, 0.25) is 0 Å². The van der Waals surface area contributed by atoms with Gasteiger partial charge in [-0.3, -0.25) is 9.78 Å². The van der Waals surface area contributed by atoms with Crippen LogP contribution in [-0.4, -0.2) is 37.3 Å². The molecule has 1 atom stereocenters. The minimum absolute atomic E-state index is 0.00806. The van der Waals surface area contributed by atoms with Crippen LogP contribution in [0.15, 0.2) is 42.2 Å². The number of aryl methyl sites for hydroxylation is 1. The van der Waals surface area contributed by atoms with Gasteiger partial charge in [0.2, 0.25) is 0 Å². The van der Waals surface area contributed by atoms with E-state index in [9.17, 15) is 4.79 Å². The van der Waals surface area contributed by atoms with Crippen LogP contribution in [0.5, 0.6) is 0 Å². The number of nitrogens with zero attached hydrogens (tertiary/aromatic N) is 5. The molecule has 0 unspecified atom stereocenters. The highest BCUT2D eigenvalue weighted by molar-refractivity contribution is 7.13. The van der Waals surface area contributed by atoms with Crippen molar-refractivity contribution >= 4 is 28.2 Å². The summed E-state index contributed by atoms with van der Waals surface area (Å²) in [6.07, 6.45) is 6.86. The monoisotopic (exact) mass is 366 g/mol. The largest absolute Gasteiger partial charge is 0.330 e. The third-order valence-corrected chi connectivity index (χ3v) is 4.98. The topological polar surface area (TPSA) is 83.9 Å². The maximum atomic E-state index is 12.9. The van der Waals surface area contributed by atoms with Crippen LogP contribution in [0.1, 0.15) is 40.8 Å². The molecule has 0 spiro atoms. The first-order valence-electron chi connectivity index (χ1n) is 8.44. The Labute approximate surface area is 155 Å². The minimum Gasteiger partial charge on any atom is -0.330 e. The second kappa shape index (κ2) is 7.17. The molecule has 4 rings (SSSR count). The lowest BCUT2D eigenvalue weighted by Gasteiger charge is -2.24. The molecule has 0 bridgehead atoms. The fraction of sp³-hybridized carbons (Fsp3) is 0.278. The van der Waals surface area contributed by atoms with E-state index in [1.165, 1.54) is 11.3 Å². The average molecular weight is 366 g/mol. The standard InChI is InChI=1S/C18H18N6OS/c1-12-21-14(10-16(22-12)23-18-20-7-9-26-18)15-5-3-8-24(15)17(25)13-4-2-6-19-11-13/h2,4,6-7,9-11,15H,3,5,8H2,1H3,(H,20,21,22,23)/t15-/m1/s1. The van der Waals surface area contributed by atoms with Crippen molar-refractivity contribution in [1.29, 1.82) is 0 Å². The quantitative estimate of drug-likeness (QED) is 0.762. The van der Waals surface area contributed by atoms with Crippen molar-refractivity contribution in [2.75, 3.05) is 11.9 Å². The van der Waals surface area contributed by atoms with Gasteiger partial charge in [0, 0.05) is 36.6 Å². The molecule has 132 valence electrons. The molecule has 26 heavy (non-hydrogen) atoms. The fourth-order valence-electron chi connectivity index (χ4n) is 3.19. The Morgan fingerprint density at radius 3 is 3.04 bits per heavy atom. The van der Waals surface area contributed by atoms with Gasteiger partial charge in [0.15, 0.2) is 5.13 Å². The van der Waals surface area contributed by atoms with Gasteiger partial charge in [-0.2, -0.15) is 0 Å². The summed E-state index contributed by atoms with van der Waals surface area (Å²) in [5.74, 6) is 1.36. The molecule has 1 aliphatic rings. The molecule has 0 aliphatic carbocycles. The van der Waals surface area contributed by atoms with E-state index in [-0.39, 0.29) is 11.9 Å². The summed E-state index contributed by atoms with van der Waals surface area (Å²) in [5.41, 5.74) is 1.46. The number of hydrogen-bond acceptors (Lipinski definition) is 7. The molecule has 1 amide bonds. The summed E-state index contributed by atoms with van der Waals surface area (Å²) in [6, 6.07) is 5.43. The first-order chi connectivity index (χ1) is 12.7. The SMILES string of the molecule is Cc1nc(Nc2nccs2)cc([C@H]2CCCN2C(=O)c2cccnc2)n1. The zero-order valence-corrected chi connectivity index (χ0v) is 15.1. The van der Waals surface area contributed by atoms with Crippen molar-refractivity contribution < 1.29 is 4.79 Å². The normalized spacial score (nSPS) is 16.7.